The van der Waals surface area contributed by atoms with Crippen molar-refractivity contribution >= 4 is 12.0 Å². The van der Waals surface area contributed by atoms with E-state index in [0.29, 0.717) is 24.8 Å². The Morgan fingerprint density at radius 2 is 1.76 bits per heavy atom. The van der Waals surface area contributed by atoms with Crippen molar-refractivity contribution in [1.29, 1.82) is 0 Å². The van der Waals surface area contributed by atoms with Gasteiger partial charge in [0.2, 0.25) is 5.88 Å². The molecule has 0 saturated carbocycles. The first-order valence-electron chi connectivity index (χ1n) is 14.2. The molecule has 9 heteroatoms. The minimum Gasteiger partial charge on any atom is -0.478 e. The summed E-state index contributed by atoms with van der Waals surface area (Å²) in [7, 11) is 1.68. The first kappa shape index (κ1) is 28.6. The number of carbonyl (C=O) groups is 2. The van der Waals surface area contributed by atoms with E-state index in [0.717, 1.165) is 43.7 Å². The maximum atomic E-state index is 13.7. The lowest BCUT2D eigenvalue weighted by Crippen LogP contribution is -2.48. The number of nitrogens with zero attached hydrogens (tertiary/aromatic N) is 4. The number of amides is 2. The number of hydrogen-bond acceptors (Lipinski definition) is 6. The van der Waals surface area contributed by atoms with Gasteiger partial charge in [-0.2, -0.15) is 0 Å². The van der Waals surface area contributed by atoms with E-state index in [1.54, 1.807) is 19.2 Å². The Hall–Kier alpha value is -3.95. The molecule has 2 amide bonds. The van der Waals surface area contributed by atoms with E-state index in [2.05, 4.69) is 33.8 Å². The van der Waals surface area contributed by atoms with Crippen LogP contribution in [-0.2, 0) is 11.3 Å². The molecule has 1 aromatic heterocycles. The van der Waals surface area contributed by atoms with Crippen LogP contribution in [0.3, 0.4) is 0 Å². The average Bonchev–Trinajstić information content (AvgIpc) is 3.33. The van der Waals surface area contributed by atoms with E-state index in [1.807, 2.05) is 42.2 Å². The monoisotopic (exact) mass is 558 g/mol. The SMILES string of the molecule is COC[C@@H](C)N1C[C@@H](c2ccccc2)N(C2CCN(Cc3ccc(Oc4ccc(C(=O)O)cc4)nc3C)CC2)C1=O. The lowest BCUT2D eigenvalue weighted by atomic mass is 9.98. The van der Waals surface area contributed by atoms with Gasteiger partial charge in [0.25, 0.3) is 0 Å². The molecule has 0 bridgehead atoms. The van der Waals surface area contributed by atoms with Gasteiger partial charge in [0.15, 0.2) is 0 Å². The summed E-state index contributed by atoms with van der Waals surface area (Å²) in [6.45, 7) is 7.81. The van der Waals surface area contributed by atoms with Gasteiger partial charge in [-0.3, -0.25) is 4.90 Å². The number of aromatic nitrogens is 1. The number of carboxylic acids is 1. The molecule has 2 saturated heterocycles. The highest BCUT2D eigenvalue weighted by Crippen LogP contribution is 2.36. The predicted molar refractivity (Wildman–Crippen MR) is 155 cm³/mol. The summed E-state index contributed by atoms with van der Waals surface area (Å²) in [6.07, 6.45) is 1.84. The van der Waals surface area contributed by atoms with Gasteiger partial charge in [-0.25, -0.2) is 14.6 Å². The van der Waals surface area contributed by atoms with Gasteiger partial charge in [0.05, 0.1) is 24.3 Å². The highest BCUT2D eigenvalue weighted by Gasteiger charge is 2.44. The minimum absolute atomic E-state index is 0.0235. The topological polar surface area (TPSA) is 95.4 Å². The van der Waals surface area contributed by atoms with Crippen LogP contribution in [-0.4, -0.2) is 82.2 Å². The summed E-state index contributed by atoms with van der Waals surface area (Å²) in [4.78, 5) is 35.9. The minimum atomic E-state index is -0.972. The number of likely N-dealkylation sites (tertiary alicyclic amines) is 1. The molecule has 2 aromatic carbocycles. The van der Waals surface area contributed by atoms with Crippen molar-refractivity contribution in [3.8, 4) is 11.6 Å². The van der Waals surface area contributed by atoms with E-state index in [1.165, 1.54) is 17.7 Å². The van der Waals surface area contributed by atoms with Crippen LogP contribution in [0.4, 0.5) is 4.79 Å². The number of piperidine rings is 1. The number of urea groups is 1. The van der Waals surface area contributed by atoms with Gasteiger partial charge in [-0.05, 0) is 62.1 Å². The normalized spacial score (nSPS) is 19.0. The summed E-state index contributed by atoms with van der Waals surface area (Å²) >= 11 is 0. The quantitative estimate of drug-likeness (QED) is 0.358. The average molecular weight is 559 g/mol. The second-order valence-electron chi connectivity index (χ2n) is 10.9. The molecule has 41 heavy (non-hydrogen) atoms. The standard InChI is InChI=1S/C32H38N4O5/c1-22(21-40-3)35-20-29(24-7-5-4-6-8-24)36(32(35)39)27-15-17-34(18-16-27)19-26-11-14-30(33-23(26)2)41-28-12-9-25(10-13-28)31(37)38/h4-14,22,27,29H,15-21H2,1-3H3,(H,37,38)/t22-,29+/m1/s1. The van der Waals surface area contributed by atoms with E-state index < -0.39 is 5.97 Å². The molecule has 1 N–H and O–H groups in total. The van der Waals surface area contributed by atoms with Crippen LogP contribution < -0.4 is 4.74 Å². The smallest absolute Gasteiger partial charge is 0.335 e. The number of aryl methyl sites for hydroxylation is 1. The third-order valence-corrected chi connectivity index (χ3v) is 8.13. The van der Waals surface area contributed by atoms with Crippen LogP contribution in [0.25, 0.3) is 0 Å². The number of pyridine rings is 1. The number of rotatable bonds is 10. The molecule has 0 unspecified atom stereocenters. The Morgan fingerprint density at radius 1 is 1.05 bits per heavy atom. The maximum absolute atomic E-state index is 13.7. The van der Waals surface area contributed by atoms with Crippen LogP contribution in [0.5, 0.6) is 11.6 Å². The van der Waals surface area contributed by atoms with Crippen LogP contribution in [0, 0.1) is 6.92 Å². The fourth-order valence-electron chi connectivity index (χ4n) is 5.86. The molecule has 2 aliphatic rings. The number of aromatic carboxylic acids is 1. The van der Waals surface area contributed by atoms with Crippen molar-refractivity contribution in [1.82, 2.24) is 19.7 Å². The Morgan fingerprint density at radius 3 is 2.39 bits per heavy atom. The lowest BCUT2D eigenvalue weighted by Gasteiger charge is -2.39. The van der Waals surface area contributed by atoms with Gasteiger partial charge >= 0.3 is 12.0 Å². The number of carbonyl (C=O) groups excluding carboxylic acids is 1. The number of methoxy groups -OCH3 is 1. The fourth-order valence-corrected chi connectivity index (χ4v) is 5.86. The molecule has 2 aliphatic heterocycles. The van der Waals surface area contributed by atoms with Gasteiger partial charge in [0, 0.05) is 51.1 Å². The van der Waals surface area contributed by atoms with Gasteiger partial charge in [0.1, 0.15) is 5.75 Å². The third-order valence-electron chi connectivity index (χ3n) is 8.13. The zero-order valence-electron chi connectivity index (χ0n) is 23.9. The van der Waals surface area contributed by atoms with Crippen molar-refractivity contribution in [2.45, 2.75) is 51.4 Å². The number of carboxylic acid groups (broad SMARTS) is 1. The van der Waals surface area contributed by atoms with E-state index >= 15 is 0 Å². The highest BCUT2D eigenvalue weighted by atomic mass is 16.5. The summed E-state index contributed by atoms with van der Waals surface area (Å²) < 4.78 is 11.2. The first-order valence-corrected chi connectivity index (χ1v) is 14.2. The largest absolute Gasteiger partial charge is 0.478 e. The zero-order valence-corrected chi connectivity index (χ0v) is 23.9. The molecule has 0 spiro atoms. The molecule has 2 atom stereocenters. The Kier molecular flexibility index (Phi) is 8.85. The number of benzene rings is 2. The van der Waals surface area contributed by atoms with Gasteiger partial charge < -0.3 is 24.4 Å². The molecule has 3 aromatic rings. The molecule has 0 aliphatic carbocycles. The molecule has 5 rings (SSSR count). The van der Waals surface area contributed by atoms with Crippen molar-refractivity contribution < 1.29 is 24.2 Å². The van der Waals surface area contributed by atoms with Gasteiger partial charge in [-0.15, -0.1) is 0 Å². The fraction of sp³-hybridized carbons (Fsp3) is 0.406. The number of ether oxygens (including phenoxy) is 2. The number of hydrogen-bond donors (Lipinski definition) is 1. The Labute approximate surface area is 241 Å². The van der Waals surface area contributed by atoms with Crippen molar-refractivity contribution in [2.75, 3.05) is 33.4 Å². The molecular formula is C32H38N4O5. The van der Waals surface area contributed by atoms with Crippen LogP contribution in [0.15, 0.2) is 66.7 Å². The Bertz CT molecular complexity index is 1340. The van der Waals surface area contributed by atoms with Gasteiger partial charge in [-0.1, -0.05) is 36.4 Å². The predicted octanol–water partition coefficient (Wildman–Crippen LogP) is 5.36. The maximum Gasteiger partial charge on any atom is 0.335 e. The zero-order chi connectivity index (χ0) is 28.9. The summed E-state index contributed by atoms with van der Waals surface area (Å²) in [5.74, 6) is 0.0394. The molecule has 216 valence electrons. The van der Waals surface area contributed by atoms with Crippen molar-refractivity contribution in [3.05, 3.63) is 89.1 Å². The highest BCUT2D eigenvalue weighted by molar-refractivity contribution is 5.87. The van der Waals surface area contributed by atoms with Crippen molar-refractivity contribution in [2.24, 2.45) is 0 Å². The van der Waals surface area contributed by atoms with Crippen LogP contribution in [0.1, 0.15) is 53.0 Å². The molecule has 0 radical (unpaired) electrons. The molecular weight excluding hydrogens is 520 g/mol. The summed E-state index contributed by atoms with van der Waals surface area (Å²) in [6, 6.07) is 20.9. The van der Waals surface area contributed by atoms with E-state index in [9.17, 15) is 9.59 Å². The summed E-state index contributed by atoms with van der Waals surface area (Å²) in [5, 5.41) is 9.07. The Balaban J connectivity index is 1.21. The third kappa shape index (κ3) is 6.52. The second-order valence-corrected chi connectivity index (χ2v) is 10.9. The molecule has 9 nitrogen and oxygen atoms in total. The molecule has 2 fully saturated rings. The van der Waals surface area contributed by atoms with E-state index in [4.69, 9.17) is 14.6 Å². The second kappa shape index (κ2) is 12.7. The lowest BCUT2D eigenvalue weighted by molar-refractivity contribution is 0.0696. The van der Waals surface area contributed by atoms with E-state index in [-0.39, 0.29) is 29.7 Å². The van der Waals surface area contributed by atoms with Crippen LogP contribution >= 0.6 is 0 Å². The molecule has 3 heterocycles. The van der Waals surface area contributed by atoms with Crippen LogP contribution in [0.2, 0.25) is 0 Å². The summed E-state index contributed by atoms with van der Waals surface area (Å²) in [5.41, 5.74) is 3.42. The first-order chi connectivity index (χ1) is 19.8. The van der Waals surface area contributed by atoms with Crippen molar-refractivity contribution in [3.63, 3.8) is 0 Å².